The van der Waals surface area contributed by atoms with Gasteiger partial charge in [0.2, 0.25) is 6.10 Å². The highest BCUT2D eigenvalue weighted by Gasteiger charge is 2.27. The highest BCUT2D eigenvalue weighted by atomic mass is 35.5. The van der Waals surface area contributed by atoms with Gasteiger partial charge in [-0.15, -0.1) is 0 Å². The maximum atomic E-state index is 12.2. The van der Waals surface area contributed by atoms with Crippen molar-refractivity contribution >= 4 is 29.4 Å². The molecular formula is C20H14ClN3O6. The minimum Gasteiger partial charge on any atom is -0.485 e. The Morgan fingerprint density at radius 3 is 2.80 bits per heavy atom. The molecular weight excluding hydrogens is 414 g/mol. The number of hydrogen-bond donors (Lipinski definition) is 1. The van der Waals surface area contributed by atoms with Crippen molar-refractivity contribution in [1.29, 1.82) is 0 Å². The summed E-state index contributed by atoms with van der Waals surface area (Å²) in [5.41, 5.74) is 2.64. The van der Waals surface area contributed by atoms with E-state index < -0.39 is 16.9 Å². The Morgan fingerprint density at radius 1 is 1.20 bits per heavy atom. The normalized spacial score (nSPS) is 15.2. The molecule has 1 aromatic heterocycles. The van der Waals surface area contributed by atoms with Crippen LogP contribution in [0.2, 0.25) is 5.02 Å². The van der Waals surface area contributed by atoms with E-state index in [1.54, 1.807) is 30.3 Å². The summed E-state index contributed by atoms with van der Waals surface area (Å²) in [6.07, 6.45) is 0.456. The molecule has 10 heteroatoms. The molecule has 0 bridgehead atoms. The van der Waals surface area contributed by atoms with Crippen molar-refractivity contribution < 1.29 is 23.6 Å². The number of carbonyl (C=O) groups is 1. The van der Waals surface area contributed by atoms with Gasteiger partial charge in [-0.25, -0.2) is 5.43 Å². The van der Waals surface area contributed by atoms with Crippen LogP contribution in [0.4, 0.5) is 5.69 Å². The van der Waals surface area contributed by atoms with Crippen molar-refractivity contribution in [3.05, 3.63) is 75.5 Å². The highest BCUT2D eigenvalue weighted by molar-refractivity contribution is 6.33. The molecule has 0 saturated heterocycles. The van der Waals surface area contributed by atoms with Gasteiger partial charge in [0.15, 0.2) is 11.5 Å². The van der Waals surface area contributed by atoms with Gasteiger partial charge in [-0.3, -0.25) is 14.9 Å². The van der Waals surface area contributed by atoms with Crippen LogP contribution in [0, 0.1) is 10.1 Å². The van der Waals surface area contributed by atoms with Crippen LogP contribution in [0.5, 0.6) is 11.5 Å². The topological polar surface area (TPSA) is 116 Å². The number of para-hydroxylation sites is 2. The number of non-ortho nitro benzene ring substituents is 1. The van der Waals surface area contributed by atoms with Gasteiger partial charge in [-0.2, -0.15) is 5.10 Å². The minimum atomic E-state index is -0.840. The van der Waals surface area contributed by atoms with Crippen molar-refractivity contribution in [2.24, 2.45) is 5.10 Å². The lowest BCUT2D eigenvalue weighted by Gasteiger charge is -2.24. The van der Waals surface area contributed by atoms with Crippen molar-refractivity contribution in [1.82, 2.24) is 5.43 Å². The number of hydrogen-bond acceptors (Lipinski definition) is 7. The molecule has 1 aliphatic rings. The van der Waals surface area contributed by atoms with E-state index in [4.69, 9.17) is 25.5 Å². The lowest BCUT2D eigenvalue weighted by atomic mass is 10.1. The molecule has 0 saturated carbocycles. The average Bonchev–Trinajstić information content (AvgIpc) is 3.22. The Morgan fingerprint density at radius 2 is 2.00 bits per heavy atom. The van der Waals surface area contributed by atoms with E-state index in [0.29, 0.717) is 33.6 Å². The number of furan rings is 1. The molecule has 4 rings (SSSR count). The number of nitrogens with one attached hydrogen (secondary N) is 1. The summed E-state index contributed by atoms with van der Waals surface area (Å²) in [6, 6.07) is 14.3. The zero-order chi connectivity index (χ0) is 21.1. The fraction of sp³-hybridized carbons (Fsp3) is 0.100. The number of nitro benzene ring substituents is 1. The minimum absolute atomic E-state index is 0.0640. The molecule has 1 N–H and O–H groups in total. The first kappa shape index (κ1) is 19.5. The Labute approximate surface area is 175 Å². The number of amides is 1. The smallest absolute Gasteiger partial charge is 0.284 e. The van der Waals surface area contributed by atoms with E-state index >= 15 is 0 Å². The summed E-state index contributed by atoms with van der Waals surface area (Å²) >= 11 is 6.11. The zero-order valence-electron chi connectivity index (χ0n) is 15.3. The molecule has 1 unspecified atom stereocenters. The fourth-order valence-corrected chi connectivity index (χ4v) is 2.97. The lowest BCUT2D eigenvalue weighted by molar-refractivity contribution is -0.384. The molecule has 3 aromatic rings. The van der Waals surface area contributed by atoms with Gasteiger partial charge in [-0.05, 0) is 30.3 Å². The SMILES string of the molecule is O=C(N/N=C/c1ccc(-c2cc([N+](=O)[O-])ccc2Cl)o1)C1COc2ccccc2O1. The number of halogens is 1. The molecule has 1 amide bonds. The Hall–Kier alpha value is -3.85. The fourth-order valence-electron chi connectivity index (χ4n) is 2.76. The van der Waals surface area contributed by atoms with Crippen molar-refractivity contribution in [3.63, 3.8) is 0 Å². The number of nitrogens with zero attached hydrogens (tertiary/aromatic N) is 2. The first-order valence-electron chi connectivity index (χ1n) is 8.77. The largest absolute Gasteiger partial charge is 0.485 e. The summed E-state index contributed by atoms with van der Waals surface area (Å²) in [6.45, 7) is 0.0640. The second-order valence-electron chi connectivity index (χ2n) is 6.22. The second kappa shape index (κ2) is 8.26. The van der Waals surface area contributed by atoms with E-state index in [-0.39, 0.29) is 12.3 Å². The molecule has 1 aliphatic heterocycles. The monoisotopic (exact) mass is 427 g/mol. The number of hydrazone groups is 1. The zero-order valence-corrected chi connectivity index (χ0v) is 16.0. The average molecular weight is 428 g/mol. The summed E-state index contributed by atoms with van der Waals surface area (Å²) in [4.78, 5) is 22.7. The summed E-state index contributed by atoms with van der Waals surface area (Å²) in [5.74, 6) is 1.23. The quantitative estimate of drug-likeness (QED) is 0.376. The van der Waals surface area contributed by atoms with Gasteiger partial charge >= 0.3 is 0 Å². The standard InChI is InChI=1S/C20H14ClN3O6/c21-15-7-5-12(24(26)27)9-14(15)16-8-6-13(29-16)10-22-23-20(25)19-11-28-17-3-1-2-4-18(17)30-19/h1-10,19H,11H2,(H,23,25)/b22-10+. The van der Waals surface area contributed by atoms with Gasteiger partial charge < -0.3 is 13.9 Å². The van der Waals surface area contributed by atoms with Crippen LogP contribution in [0.3, 0.4) is 0 Å². The Balaban J connectivity index is 1.40. The van der Waals surface area contributed by atoms with E-state index in [2.05, 4.69) is 10.5 Å². The van der Waals surface area contributed by atoms with Crippen molar-refractivity contribution in [3.8, 4) is 22.8 Å². The van der Waals surface area contributed by atoms with Crippen LogP contribution in [0.15, 0.2) is 64.1 Å². The Kier molecular flexibility index (Phi) is 5.36. The van der Waals surface area contributed by atoms with Crippen molar-refractivity contribution in [2.45, 2.75) is 6.10 Å². The van der Waals surface area contributed by atoms with E-state index in [1.807, 2.05) is 6.07 Å². The molecule has 0 aliphatic carbocycles. The number of rotatable bonds is 5. The molecule has 0 spiro atoms. The number of carbonyl (C=O) groups excluding carboxylic acids is 1. The first-order chi connectivity index (χ1) is 14.5. The van der Waals surface area contributed by atoms with Crippen LogP contribution < -0.4 is 14.9 Å². The molecule has 30 heavy (non-hydrogen) atoms. The number of fused-ring (bicyclic) bond motifs is 1. The maximum Gasteiger partial charge on any atom is 0.284 e. The van der Waals surface area contributed by atoms with Gasteiger partial charge in [-0.1, -0.05) is 23.7 Å². The van der Waals surface area contributed by atoms with Crippen LogP contribution in [0.25, 0.3) is 11.3 Å². The third-order valence-electron chi connectivity index (χ3n) is 4.22. The van der Waals surface area contributed by atoms with Gasteiger partial charge in [0, 0.05) is 17.7 Å². The molecule has 152 valence electrons. The van der Waals surface area contributed by atoms with E-state index in [0.717, 1.165) is 0 Å². The number of ether oxygens (including phenoxy) is 2. The highest BCUT2D eigenvalue weighted by Crippen LogP contribution is 2.32. The first-order valence-corrected chi connectivity index (χ1v) is 9.14. The van der Waals surface area contributed by atoms with Gasteiger partial charge in [0.25, 0.3) is 11.6 Å². The maximum absolute atomic E-state index is 12.2. The van der Waals surface area contributed by atoms with Crippen LogP contribution in [-0.4, -0.2) is 29.8 Å². The number of nitro groups is 1. The predicted molar refractivity (Wildman–Crippen MR) is 108 cm³/mol. The van der Waals surface area contributed by atoms with E-state index in [1.165, 1.54) is 24.4 Å². The Bertz CT molecular complexity index is 1140. The molecule has 0 radical (unpaired) electrons. The van der Waals surface area contributed by atoms with Crippen LogP contribution in [-0.2, 0) is 4.79 Å². The van der Waals surface area contributed by atoms with Crippen LogP contribution >= 0.6 is 11.6 Å². The predicted octanol–water partition coefficient (Wildman–Crippen LogP) is 3.80. The summed E-state index contributed by atoms with van der Waals surface area (Å²) < 4.78 is 16.7. The summed E-state index contributed by atoms with van der Waals surface area (Å²) in [7, 11) is 0. The second-order valence-corrected chi connectivity index (χ2v) is 6.63. The molecule has 2 aromatic carbocycles. The number of benzene rings is 2. The molecule has 9 nitrogen and oxygen atoms in total. The van der Waals surface area contributed by atoms with E-state index in [9.17, 15) is 14.9 Å². The summed E-state index contributed by atoms with van der Waals surface area (Å²) in [5, 5.41) is 15.1. The third-order valence-corrected chi connectivity index (χ3v) is 4.55. The molecule has 0 fully saturated rings. The van der Waals surface area contributed by atoms with Crippen LogP contribution in [0.1, 0.15) is 5.76 Å². The van der Waals surface area contributed by atoms with Crippen molar-refractivity contribution in [2.75, 3.05) is 6.61 Å². The molecule has 2 heterocycles. The molecule has 1 atom stereocenters. The van der Waals surface area contributed by atoms with Gasteiger partial charge in [0.1, 0.15) is 18.1 Å². The van der Waals surface area contributed by atoms with Gasteiger partial charge in [0.05, 0.1) is 16.2 Å². The lowest BCUT2D eigenvalue weighted by Crippen LogP contribution is -2.42. The third kappa shape index (κ3) is 4.11.